The van der Waals surface area contributed by atoms with Gasteiger partial charge in [-0.3, -0.25) is 13.8 Å². The summed E-state index contributed by atoms with van der Waals surface area (Å²) in [6.07, 6.45) is 1.81. The molecular formula is C19H18ClF2N3O4S. The number of aliphatic hydroxyl groups excluding tert-OH is 1. The Morgan fingerprint density at radius 3 is 2.63 bits per heavy atom. The number of ether oxygens (including phenoxy) is 1. The molecule has 2 aromatic carbocycles. The number of rotatable bonds is 6. The van der Waals surface area contributed by atoms with E-state index >= 15 is 0 Å². The molecule has 0 aliphatic rings. The minimum Gasteiger partial charge on any atom is -0.494 e. The molecule has 160 valence electrons. The number of aliphatic hydroxyl groups is 1. The van der Waals surface area contributed by atoms with Crippen LogP contribution in [0.3, 0.4) is 0 Å². The summed E-state index contributed by atoms with van der Waals surface area (Å²) in [6, 6.07) is 4.41. The van der Waals surface area contributed by atoms with Crippen molar-refractivity contribution in [3.05, 3.63) is 63.8 Å². The predicted molar refractivity (Wildman–Crippen MR) is 113 cm³/mol. The number of benzene rings is 2. The third-order valence-electron chi connectivity index (χ3n) is 3.79. The van der Waals surface area contributed by atoms with Gasteiger partial charge in [-0.2, -0.15) is 0 Å². The molecule has 2 rings (SSSR count). The molecule has 7 nitrogen and oxygen atoms in total. The van der Waals surface area contributed by atoms with Crippen molar-refractivity contribution >= 4 is 34.3 Å². The van der Waals surface area contributed by atoms with Crippen LogP contribution in [0.4, 0.5) is 14.5 Å². The van der Waals surface area contributed by atoms with E-state index in [2.05, 4.69) is 16.6 Å². The van der Waals surface area contributed by atoms with Crippen molar-refractivity contribution in [1.82, 2.24) is 0 Å². The molecule has 0 saturated carbocycles. The summed E-state index contributed by atoms with van der Waals surface area (Å²) in [5, 5.41) is 16.6. The highest BCUT2D eigenvalue weighted by Gasteiger charge is 2.26. The van der Waals surface area contributed by atoms with Gasteiger partial charge in [-0.1, -0.05) is 34.2 Å². The summed E-state index contributed by atoms with van der Waals surface area (Å²) in [6.45, 7) is -0.499. The molecule has 0 aliphatic heterocycles. The lowest BCUT2D eigenvalue weighted by Gasteiger charge is -2.35. The Labute approximate surface area is 178 Å². The highest BCUT2D eigenvalue weighted by molar-refractivity contribution is 8.25. The van der Waals surface area contributed by atoms with Gasteiger partial charge in [0.05, 0.1) is 30.5 Å². The van der Waals surface area contributed by atoms with Crippen molar-refractivity contribution in [3.63, 3.8) is 0 Å². The number of allylic oxidation sites excluding steroid dienone is 1. The van der Waals surface area contributed by atoms with Crippen molar-refractivity contribution in [2.75, 3.05) is 11.8 Å². The molecule has 0 amide bonds. The molecule has 0 atom stereocenters. The van der Waals surface area contributed by atoms with Gasteiger partial charge in [0.25, 0.3) is 0 Å². The fourth-order valence-electron chi connectivity index (χ4n) is 2.40. The molecule has 0 bridgehead atoms. The van der Waals surface area contributed by atoms with Crippen LogP contribution in [0.5, 0.6) is 5.75 Å². The minimum absolute atomic E-state index is 0.0247. The highest BCUT2D eigenvalue weighted by atomic mass is 35.5. The van der Waals surface area contributed by atoms with Crippen molar-refractivity contribution in [2.24, 2.45) is 5.73 Å². The normalized spacial score (nSPS) is 12.0. The summed E-state index contributed by atoms with van der Waals surface area (Å²) in [5.74, 6) is 2.32. The molecule has 7 N–H and O–H groups in total. The van der Waals surface area contributed by atoms with Gasteiger partial charge in [0.2, 0.25) is 0 Å². The van der Waals surface area contributed by atoms with Gasteiger partial charge in [0, 0.05) is 23.0 Å². The van der Waals surface area contributed by atoms with E-state index in [-0.39, 0.29) is 26.8 Å². The molecule has 0 aromatic heterocycles. The zero-order chi connectivity index (χ0) is 22.5. The van der Waals surface area contributed by atoms with E-state index in [0.717, 1.165) is 24.5 Å². The molecule has 0 fully saturated rings. The minimum atomic E-state index is -3.95. The van der Waals surface area contributed by atoms with Crippen LogP contribution in [-0.2, 0) is 6.61 Å². The summed E-state index contributed by atoms with van der Waals surface area (Å²) >= 11 is 5.96. The van der Waals surface area contributed by atoms with Gasteiger partial charge in [-0.15, -0.1) is 0 Å². The maximum Gasteiger partial charge on any atom is 0.166 e. The second-order valence-corrected chi connectivity index (χ2v) is 7.88. The number of nitrogens with two attached hydrogens (primary N) is 1. The first-order chi connectivity index (χ1) is 14.2. The van der Waals surface area contributed by atoms with Crippen LogP contribution in [0.2, 0.25) is 5.02 Å². The fourth-order valence-corrected chi connectivity index (χ4v) is 4.04. The smallest absolute Gasteiger partial charge is 0.166 e. The van der Waals surface area contributed by atoms with E-state index in [4.69, 9.17) is 27.5 Å². The van der Waals surface area contributed by atoms with Crippen molar-refractivity contribution in [3.8, 4) is 17.6 Å². The van der Waals surface area contributed by atoms with Gasteiger partial charge in [0.1, 0.15) is 16.5 Å². The summed E-state index contributed by atoms with van der Waals surface area (Å²) in [7, 11) is -2.70. The van der Waals surface area contributed by atoms with Gasteiger partial charge >= 0.3 is 0 Å². The second kappa shape index (κ2) is 9.80. The summed E-state index contributed by atoms with van der Waals surface area (Å²) in [5.41, 5.74) is 4.33. The Balaban J connectivity index is 2.54. The molecule has 0 heterocycles. The Morgan fingerprint density at radius 1 is 1.37 bits per heavy atom. The Kier molecular flexibility index (Phi) is 7.66. The Hall–Kier alpha value is -2.81. The van der Waals surface area contributed by atoms with Crippen LogP contribution in [0.25, 0.3) is 0 Å². The standard InChI is InChI=1S/C19H18ClF2N3O4S/c1-29-19-12(10-26)6-13(20)7-17(19)30(27,28)25-16-5-4-15(21)14(18(16)22)3-2-11(8-23)9-24/h4-9,23,25-28H,10,24H2,1H3/b11-9-,23-8?. The highest BCUT2D eigenvalue weighted by Crippen LogP contribution is 2.54. The van der Waals surface area contributed by atoms with Gasteiger partial charge < -0.3 is 21.0 Å². The lowest BCUT2D eigenvalue weighted by molar-refractivity contribution is 0.272. The number of methoxy groups -OCH3 is 1. The van der Waals surface area contributed by atoms with Crippen LogP contribution in [0.1, 0.15) is 11.1 Å². The van der Waals surface area contributed by atoms with Crippen molar-refractivity contribution in [1.29, 1.82) is 5.41 Å². The molecule has 2 aromatic rings. The second-order valence-electron chi connectivity index (χ2n) is 5.71. The molecule has 0 unspecified atom stereocenters. The number of hydrogen-bond donors (Lipinski definition) is 6. The predicted octanol–water partition coefficient (Wildman–Crippen LogP) is 4.10. The summed E-state index contributed by atoms with van der Waals surface area (Å²) < 4.78 is 57.5. The topological polar surface area (TPSA) is 132 Å². The van der Waals surface area contributed by atoms with E-state index in [0.29, 0.717) is 0 Å². The molecule has 11 heteroatoms. The average Bonchev–Trinajstić information content (AvgIpc) is 2.72. The zero-order valence-electron chi connectivity index (χ0n) is 15.5. The fraction of sp³-hybridized carbons (Fsp3) is 0.105. The first-order valence-corrected chi connectivity index (χ1v) is 10.1. The van der Waals surface area contributed by atoms with Crippen LogP contribution >= 0.6 is 22.4 Å². The molecule has 0 spiro atoms. The van der Waals surface area contributed by atoms with E-state index in [1.54, 1.807) is 0 Å². The third-order valence-corrected chi connectivity index (χ3v) is 5.43. The van der Waals surface area contributed by atoms with E-state index in [9.17, 15) is 23.0 Å². The number of nitrogens with one attached hydrogen (secondary N) is 2. The SMILES string of the molecule is COc1c(CO)cc(Cl)cc1S(O)(O)Nc1ccc(F)c(C#C/C(C=N)=C/N)c1F. The molecule has 30 heavy (non-hydrogen) atoms. The van der Waals surface area contributed by atoms with Gasteiger partial charge in [-0.05, 0) is 24.3 Å². The number of anilines is 1. The first kappa shape index (κ1) is 23.5. The van der Waals surface area contributed by atoms with Crippen molar-refractivity contribution in [2.45, 2.75) is 11.5 Å². The van der Waals surface area contributed by atoms with E-state index < -0.39 is 40.3 Å². The average molecular weight is 458 g/mol. The quantitative estimate of drug-likeness (QED) is 0.286. The molecule has 0 aliphatic carbocycles. The molecule has 0 saturated heterocycles. The maximum absolute atomic E-state index is 14.8. The number of halogens is 3. The Morgan fingerprint density at radius 2 is 2.07 bits per heavy atom. The maximum atomic E-state index is 14.8. The van der Waals surface area contributed by atoms with Crippen LogP contribution in [-0.4, -0.2) is 27.5 Å². The van der Waals surface area contributed by atoms with Gasteiger partial charge in [0.15, 0.2) is 5.82 Å². The van der Waals surface area contributed by atoms with Crippen LogP contribution in [0, 0.1) is 28.9 Å². The van der Waals surface area contributed by atoms with Gasteiger partial charge in [-0.25, -0.2) is 8.78 Å². The van der Waals surface area contributed by atoms with E-state index in [1.165, 1.54) is 19.2 Å². The van der Waals surface area contributed by atoms with E-state index in [1.807, 2.05) is 0 Å². The third kappa shape index (κ3) is 5.02. The lowest BCUT2D eigenvalue weighted by Crippen LogP contribution is -2.13. The lowest BCUT2D eigenvalue weighted by atomic mass is 10.1. The molecular weight excluding hydrogens is 440 g/mol. The Bertz CT molecular complexity index is 1070. The first-order valence-electron chi connectivity index (χ1n) is 8.14. The van der Waals surface area contributed by atoms with Crippen LogP contribution < -0.4 is 15.2 Å². The monoisotopic (exact) mass is 457 g/mol. The zero-order valence-corrected chi connectivity index (χ0v) is 17.1. The molecule has 0 radical (unpaired) electrons. The largest absolute Gasteiger partial charge is 0.494 e. The number of hydrogen-bond acceptors (Lipinski definition) is 7. The summed E-state index contributed by atoms with van der Waals surface area (Å²) in [4.78, 5) is -0.227. The van der Waals surface area contributed by atoms with Crippen molar-refractivity contribution < 1.29 is 27.7 Å². The van der Waals surface area contributed by atoms with Crippen LogP contribution in [0.15, 0.2) is 40.9 Å².